The molecule has 0 radical (unpaired) electrons. The van der Waals surface area contributed by atoms with Crippen molar-refractivity contribution in [3.8, 4) is 0 Å². The van der Waals surface area contributed by atoms with Crippen LogP contribution >= 0.6 is 11.5 Å². The normalized spacial score (nSPS) is 26.5. The molecule has 1 atom stereocenters. The number of nitrogens with zero attached hydrogens (tertiary/aromatic N) is 2. The molecule has 1 fully saturated rings. The first-order valence-corrected chi connectivity index (χ1v) is 7.98. The molecule has 1 aromatic heterocycles. The fourth-order valence-corrected chi connectivity index (χ4v) is 3.91. The third-order valence-corrected chi connectivity index (χ3v) is 5.21. The third-order valence-electron chi connectivity index (χ3n) is 4.37. The van der Waals surface area contributed by atoms with Gasteiger partial charge in [-0.05, 0) is 42.1 Å². The molecule has 0 spiro atoms. The number of rotatable bonds is 4. The van der Waals surface area contributed by atoms with Crippen LogP contribution in [0.25, 0.3) is 0 Å². The van der Waals surface area contributed by atoms with Crippen molar-refractivity contribution < 1.29 is 0 Å². The van der Waals surface area contributed by atoms with Gasteiger partial charge in [-0.3, -0.25) is 0 Å². The van der Waals surface area contributed by atoms with E-state index < -0.39 is 0 Å². The topological polar surface area (TPSA) is 51.8 Å². The minimum absolute atomic E-state index is 0.153. The van der Waals surface area contributed by atoms with Gasteiger partial charge in [0.1, 0.15) is 0 Å². The zero-order valence-corrected chi connectivity index (χ0v) is 12.5. The summed E-state index contributed by atoms with van der Waals surface area (Å²) in [5.74, 6) is 1.99. The first-order chi connectivity index (χ1) is 8.63. The molecule has 1 heterocycles. The van der Waals surface area contributed by atoms with Crippen LogP contribution in [-0.2, 0) is 0 Å². The first-order valence-electron chi connectivity index (χ1n) is 7.21. The van der Waals surface area contributed by atoms with Crippen molar-refractivity contribution >= 4 is 11.5 Å². The zero-order chi connectivity index (χ0) is 13.1. The first kappa shape index (κ1) is 13.9. The lowest BCUT2D eigenvalue weighted by Crippen LogP contribution is -2.26. The molecule has 1 saturated carbocycles. The molecule has 0 saturated heterocycles. The molecule has 2 rings (SSSR count). The maximum atomic E-state index is 6.47. The van der Waals surface area contributed by atoms with Gasteiger partial charge >= 0.3 is 0 Å². The Bertz CT molecular complexity index is 367. The summed E-state index contributed by atoms with van der Waals surface area (Å²) in [5.41, 5.74) is 7.59. The van der Waals surface area contributed by atoms with E-state index in [1.54, 1.807) is 0 Å². The van der Waals surface area contributed by atoms with Crippen molar-refractivity contribution in [2.24, 2.45) is 17.6 Å². The quantitative estimate of drug-likeness (QED) is 0.900. The van der Waals surface area contributed by atoms with E-state index in [4.69, 9.17) is 5.73 Å². The Morgan fingerprint density at radius 3 is 2.50 bits per heavy atom. The summed E-state index contributed by atoms with van der Waals surface area (Å²) in [5, 5.41) is 4.25. The molecular formula is C14H25N3S. The van der Waals surface area contributed by atoms with Gasteiger partial charge in [0.15, 0.2) is 0 Å². The highest BCUT2D eigenvalue weighted by atomic mass is 32.1. The van der Waals surface area contributed by atoms with Gasteiger partial charge < -0.3 is 5.73 Å². The molecule has 4 heteroatoms. The Kier molecular flexibility index (Phi) is 4.73. The molecule has 2 N–H and O–H groups in total. The van der Waals surface area contributed by atoms with Crippen LogP contribution in [0.1, 0.15) is 75.4 Å². The average Bonchev–Trinajstić information content (AvgIpc) is 2.87. The largest absolute Gasteiger partial charge is 0.323 e. The van der Waals surface area contributed by atoms with E-state index in [-0.39, 0.29) is 6.04 Å². The second-order valence-electron chi connectivity index (χ2n) is 5.89. The molecule has 0 bridgehead atoms. The van der Waals surface area contributed by atoms with Crippen LogP contribution in [0.5, 0.6) is 0 Å². The minimum Gasteiger partial charge on any atom is -0.323 e. The van der Waals surface area contributed by atoms with Crippen molar-refractivity contribution in [2.75, 3.05) is 0 Å². The second-order valence-corrected chi connectivity index (χ2v) is 6.68. The van der Waals surface area contributed by atoms with E-state index in [1.807, 2.05) is 0 Å². The van der Waals surface area contributed by atoms with Gasteiger partial charge in [-0.15, -0.1) is 5.10 Å². The van der Waals surface area contributed by atoms with Crippen LogP contribution in [0.4, 0.5) is 0 Å². The number of hydrogen-bond donors (Lipinski definition) is 1. The molecule has 1 aromatic rings. The molecule has 3 nitrogen and oxygen atoms in total. The SMILES string of the molecule is CCC1CCC(C(N)c2snnc2C(C)C)CC1. The molecule has 1 unspecified atom stereocenters. The van der Waals surface area contributed by atoms with E-state index in [2.05, 4.69) is 30.4 Å². The van der Waals surface area contributed by atoms with Crippen LogP contribution in [0.2, 0.25) is 0 Å². The molecule has 0 amide bonds. The molecular weight excluding hydrogens is 242 g/mol. The lowest BCUT2D eigenvalue weighted by molar-refractivity contribution is 0.240. The van der Waals surface area contributed by atoms with Gasteiger partial charge in [0.2, 0.25) is 0 Å². The van der Waals surface area contributed by atoms with Crippen molar-refractivity contribution in [1.29, 1.82) is 0 Å². The molecule has 102 valence electrons. The van der Waals surface area contributed by atoms with Crippen LogP contribution in [0.15, 0.2) is 0 Å². The maximum absolute atomic E-state index is 6.47. The van der Waals surface area contributed by atoms with Gasteiger partial charge in [-0.1, -0.05) is 44.5 Å². The highest BCUT2D eigenvalue weighted by Crippen LogP contribution is 2.39. The third kappa shape index (κ3) is 2.91. The predicted molar refractivity (Wildman–Crippen MR) is 76.7 cm³/mol. The Balaban J connectivity index is 2.03. The summed E-state index contributed by atoms with van der Waals surface area (Å²) in [7, 11) is 0. The van der Waals surface area contributed by atoms with Crippen molar-refractivity contribution in [3.05, 3.63) is 10.6 Å². The smallest absolute Gasteiger partial charge is 0.0829 e. The number of aromatic nitrogens is 2. The van der Waals surface area contributed by atoms with E-state index in [0.29, 0.717) is 11.8 Å². The summed E-state index contributed by atoms with van der Waals surface area (Å²) < 4.78 is 4.10. The Hall–Kier alpha value is -0.480. The van der Waals surface area contributed by atoms with E-state index in [0.717, 1.165) is 11.6 Å². The minimum atomic E-state index is 0.153. The van der Waals surface area contributed by atoms with Crippen LogP contribution in [0.3, 0.4) is 0 Å². The number of nitrogens with two attached hydrogens (primary N) is 1. The van der Waals surface area contributed by atoms with Crippen molar-refractivity contribution in [1.82, 2.24) is 9.59 Å². The van der Waals surface area contributed by atoms with Crippen molar-refractivity contribution in [3.63, 3.8) is 0 Å². The van der Waals surface area contributed by atoms with Crippen LogP contribution in [0, 0.1) is 11.8 Å². The summed E-state index contributed by atoms with van der Waals surface area (Å²) in [4.78, 5) is 1.23. The fraction of sp³-hybridized carbons (Fsp3) is 0.857. The zero-order valence-electron chi connectivity index (χ0n) is 11.7. The fourth-order valence-electron chi connectivity index (χ4n) is 3.01. The number of hydrogen-bond acceptors (Lipinski definition) is 4. The summed E-state index contributed by atoms with van der Waals surface area (Å²) in [6.07, 6.45) is 6.56. The van der Waals surface area contributed by atoms with Gasteiger partial charge in [0.25, 0.3) is 0 Å². The Labute approximate surface area is 114 Å². The average molecular weight is 267 g/mol. The summed E-state index contributed by atoms with van der Waals surface area (Å²) >= 11 is 1.50. The summed E-state index contributed by atoms with van der Waals surface area (Å²) in [6.45, 7) is 6.64. The van der Waals surface area contributed by atoms with Crippen molar-refractivity contribution in [2.45, 2.75) is 64.8 Å². The van der Waals surface area contributed by atoms with E-state index in [9.17, 15) is 0 Å². The molecule has 1 aliphatic rings. The Morgan fingerprint density at radius 2 is 1.94 bits per heavy atom. The lowest BCUT2D eigenvalue weighted by Gasteiger charge is -2.31. The summed E-state index contributed by atoms with van der Waals surface area (Å²) in [6, 6.07) is 0.153. The van der Waals surface area contributed by atoms with Gasteiger partial charge in [0.05, 0.1) is 10.6 Å². The molecule has 1 aliphatic carbocycles. The van der Waals surface area contributed by atoms with E-state index >= 15 is 0 Å². The molecule has 0 aromatic carbocycles. The van der Waals surface area contributed by atoms with Gasteiger partial charge in [-0.2, -0.15) is 0 Å². The monoisotopic (exact) mass is 267 g/mol. The van der Waals surface area contributed by atoms with Crippen LogP contribution in [-0.4, -0.2) is 9.59 Å². The second kappa shape index (κ2) is 6.11. The highest BCUT2D eigenvalue weighted by molar-refractivity contribution is 7.05. The highest BCUT2D eigenvalue weighted by Gasteiger charge is 2.29. The molecule has 18 heavy (non-hydrogen) atoms. The van der Waals surface area contributed by atoms with Crippen LogP contribution < -0.4 is 5.73 Å². The lowest BCUT2D eigenvalue weighted by atomic mass is 9.77. The van der Waals surface area contributed by atoms with E-state index in [1.165, 1.54) is 48.5 Å². The maximum Gasteiger partial charge on any atom is 0.0829 e. The molecule has 0 aliphatic heterocycles. The standard InChI is InChI=1S/C14H25N3S/c1-4-10-5-7-11(8-6-10)12(15)14-13(9(2)3)16-17-18-14/h9-12H,4-8,15H2,1-3H3. The van der Waals surface area contributed by atoms with Gasteiger partial charge in [0, 0.05) is 6.04 Å². The van der Waals surface area contributed by atoms with Gasteiger partial charge in [-0.25, -0.2) is 0 Å². The Morgan fingerprint density at radius 1 is 1.28 bits per heavy atom. The predicted octanol–water partition coefficient (Wildman–Crippen LogP) is 3.88.